The quantitative estimate of drug-likeness (QED) is 0.529. The zero-order valence-corrected chi connectivity index (χ0v) is 20.8. The normalized spacial score (nSPS) is 36.0. The van der Waals surface area contributed by atoms with Gasteiger partial charge in [0.05, 0.1) is 13.3 Å². The second-order valence-electron chi connectivity index (χ2n) is 10.9. The second kappa shape index (κ2) is 9.19. The van der Waals surface area contributed by atoms with E-state index in [1.54, 1.807) is 13.3 Å². The fourth-order valence-electron chi connectivity index (χ4n) is 7.51. The van der Waals surface area contributed by atoms with Crippen LogP contribution in [0.5, 0.6) is 5.75 Å². The molecule has 0 radical (unpaired) electrons. The van der Waals surface area contributed by atoms with E-state index < -0.39 is 0 Å². The van der Waals surface area contributed by atoms with Crippen LogP contribution >= 0.6 is 0 Å². The van der Waals surface area contributed by atoms with Crippen LogP contribution in [0.2, 0.25) is 0 Å². The van der Waals surface area contributed by atoms with Crippen molar-refractivity contribution in [1.29, 1.82) is 0 Å². The maximum Gasteiger partial charge on any atom is 0.223 e. The van der Waals surface area contributed by atoms with Crippen LogP contribution in [0.15, 0.2) is 24.5 Å². The number of carbonyl (C=O) groups is 1. The van der Waals surface area contributed by atoms with Gasteiger partial charge in [0.15, 0.2) is 0 Å². The highest BCUT2D eigenvalue weighted by atomic mass is 16.5. The van der Waals surface area contributed by atoms with Crippen LogP contribution in [-0.2, 0) is 4.79 Å². The van der Waals surface area contributed by atoms with Crippen molar-refractivity contribution in [3.05, 3.63) is 30.1 Å². The zero-order valence-electron chi connectivity index (χ0n) is 20.8. The minimum atomic E-state index is 0.0676. The lowest BCUT2D eigenvalue weighted by molar-refractivity contribution is -0.150. The van der Waals surface area contributed by atoms with Crippen LogP contribution in [0.3, 0.4) is 0 Å². The molecule has 5 rings (SSSR count). The van der Waals surface area contributed by atoms with Crippen LogP contribution in [0.4, 0.5) is 0 Å². The Morgan fingerprint density at radius 3 is 2.66 bits per heavy atom. The molecular formula is C28H42N2O2. The molecule has 2 aliphatic carbocycles. The molecule has 0 spiro atoms. The highest BCUT2D eigenvalue weighted by Gasteiger charge is 2.58. The van der Waals surface area contributed by atoms with Gasteiger partial charge in [-0.05, 0) is 85.8 Å². The lowest BCUT2D eigenvalue weighted by Gasteiger charge is -2.59. The third-order valence-corrected chi connectivity index (χ3v) is 9.00. The van der Waals surface area contributed by atoms with Crippen molar-refractivity contribution in [2.75, 3.05) is 13.7 Å². The number of nitrogens with zero attached hydrogens (tertiary/aromatic N) is 2. The third kappa shape index (κ3) is 3.78. The van der Waals surface area contributed by atoms with Crippen molar-refractivity contribution >= 4 is 11.5 Å². The van der Waals surface area contributed by atoms with Gasteiger partial charge < -0.3 is 9.64 Å². The molecule has 0 N–H and O–H groups in total. The third-order valence-electron chi connectivity index (χ3n) is 9.00. The molecule has 2 aliphatic heterocycles. The van der Waals surface area contributed by atoms with Gasteiger partial charge in [0, 0.05) is 24.7 Å². The first-order valence-corrected chi connectivity index (χ1v) is 12.9. The SMILES string of the molecule is CCC.COc1cncc(C2=CCC3C4CCN5C(=O)CCCCC5(C)C4CCC23C)c1. The molecule has 1 amide bonds. The van der Waals surface area contributed by atoms with E-state index in [2.05, 4.69) is 49.7 Å². The Balaban J connectivity index is 0.000000775. The topological polar surface area (TPSA) is 42.4 Å². The number of aromatic nitrogens is 1. The second-order valence-corrected chi connectivity index (χ2v) is 10.9. The first-order valence-electron chi connectivity index (χ1n) is 12.9. The van der Waals surface area contributed by atoms with Crippen molar-refractivity contribution in [3.63, 3.8) is 0 Å². The Labute approximate surface area is 194 Å². The molecule has 176 valence electrons. The molecule has 32 heavy (non-hydrogen) atoms. The van der Waals surface area contributed by atoms with Crippen LogP contribution < -0.4 is 4.74 Å². The van der Waals surface area contributed by atoms with Crippen LogP contribution in [0.25, 0.3) is 5.57 Å². The first kappa shape index (κ1) is 23.3. The number of fused-ring (bicyclic) bond motifs is 5. The molecule has 4 aliphatic rings. The monoisotopic (exact) mass is 438 g/mol. The van der Waals surface area contributed by atoms with Gasteiger partial charge >= 0.3 is 0 Å². The molecule has 0 bridgehead atoms. The maximum atomic E-state index is 12.8. The fraction of sp³-hybridized carbons (Fsp3) is 0.714. The molecule has 1 aromatic rings. The average molecular weight is 439 g/mol. The van der Waals surface area contributed by atoms with Crippen LogP contribution in [0.1, 0.15) is 91.0 Å². The average Bonchev–Trinajstić information content (AvgIpc) is 3.06. The Hall–Kier alpha value is -1.84. The van der Waals surface area contributed by atoms with Crippen molar-refractivity contribution in [1.82, 2.24) is 9.88 Å². The Kier molecular flexibility index (Phi) is 6.70. The molecule has 4 heteroatoms. The summed E-state index contributed by atoms with van der Waals surface area (Å²) >= 11 is 0. The Bertz CT molecular complexity index is 865. The van der Waals surface area contributed by atoms with E-state index in [0.29, 0.717) is 23.7 Å². The summed E-state index contributed by atoms with van der Waals surface area (Å²) in [6, 6.07) is 2.15. The van der Waals surface area contributed by atoms with Crippen LogP contribution in [0, 0.1) is 23.2 Å². The number of carbonyl (C=O) groups excluding carboxylic acids is 1. The summed E-state index contributed by atoms with van der Waals surface area (Å²) in [6.07, 6.45) is 16.5. The van der Waals surface area contributed by atoms with E-state index in [4.69, 9.17) is 4.74 Å². The minimum Gasteiger partial charge on any atom is -0.495 e. The highest BCUT2D eigenvalue weighted by molar-refractivity contribution is 5.78. The Morgan fingerprint density at radius 2 is 1.91 bits per heavy atom. The largest absolute Gasteiger partial charge is 0.495 e. The number of ether oxygens (including phenoxy) is 1. The fourth-order valence-corrected chi connectivity index (χ4v) is 7.51. The number of pyridine rings is 1. The van der Waals surface area contributed by atoms with E-state index in [1.807, 2.05) is 6.20 Å². The summed E-state index contributed by atoms with van der Waals surface area (Å²) in [4.78, 5) is 19.5. The van der Waals surface area contributed by atoms with E-state index in [-0.39, 0.29) is 11.0 Å². The minimum absolute atomic E-state index is 0.0676. The highest BCUT2D eigenvalue weighted by Crippen LogP contribution is 2.63. The lowest BCUT2D eigenvalue weighted by atomic mass is 9.52. The first-order chi connectivity index (χ1) is 15.4. The molecule has 3 fully saturated rings. The summed E-state index contributed by atoms with van der Waals surface area (Å²) in [5.41, 5.74) is 2.97. The summed E-state index contributed by atoms with van der Waals surface area (Å²) < 4.78 is 5.44. The molecular weight excluding hydrogens is 396 g/mol. The molecule has 0 aromatic carbocycles. The maximum absolute atomic E-state index is 12.8. The van der Waals surface area contributed by atoms with E-state index in [1.165, 1.54) is 49.7 Å². The summed E-state index contributed by atoms with van der Waals surface area (Å²) in [6.45, 7) is 10.1. The van der Waals surface area contributed by atoms with Gasteiger partial charge in [0.1, 0.15) is 5.75 Å². The number of methoxy groups -OCH3 is 1. The van der Waals surface area contributed by atoms with E-state index in [9.17, 15) is 4.79 Å². The van der Waals surface area contributed by atoms with Gasteiger partial charge in [0.25, 0.3) is 0 Å². The van der Waals surface area contributed by atoms with E-state index >= 15 is 0 Å². The van der Waals surface area contributed by atoms with Gasteiger partial charge in [-0.2, -0.15) is 0 Å². The molecule has 5 unspecified atom stereocenters. The van der Waals surface area contributed by atoms with Gasteiger partial charge in [-0.1, -0.05) is 39.7 Å². The number of allylic oxidation sites excluding steroid dienone is 2. The number of amides is 1. The predicted molar refractivity (Wildman–Crippen MR) is 130 cm³/mol. The van der Waals surface area contributed by atoms with Gasteiger partial charge in [-0.15, -0.1) is 0 Å². The molecule has 1 saturated carbocycles. The van der Waals surface area contributed by atoms with Crippen LogP contribution in [-0.4, -0.2) is 35.0 Å². The zero-order chi connectivity index (χ0) is 22.9. The number of hydrogen-bond acceptors (Lipinski definition) is 3. The van der Waals surface area contributed by atoms with E-state index in [0.717, 1.165) is 31.6 Å². The van der Waals surface area contributed by atoms with Crippen molar-refractivity contribution in [2.24, 2.45) is 23.2 Å². The van der Waals surface area contributed by atoms with Gasteiger partial charge in [-0.3, -0.25) is 9.78 Å². The molecule has 3 heterocycles. The summed E-state index contributed by atoms with van der Waals surface area (Å²) in [7, 11) is 1.71. The molecule has 4 nitrogen and oxygen atoms in total. The summed E-state index contributed by atoms with van der Waals surface area (Å²) in [5, 5.41) is 0. The predicted octanol–water partition coefficient (Wildman–Crippen LogP) is 6.51. The van der Waals surface area contributed by atoms with Gasteiger partial charge in [-0.25, -0.2) is 0 Å². The van der Waals surface area contributed by atoms with Crippen molar-refractivity contribution < 1.29 is 9.53 Å². The van der Waals surface area contributed by atoms with Gasteiger partial charge in [0.2, 0.25) is 5.91 Å². The Morgan fingerprint density at radius 1 is 1.12 bits per heavy atom. The molecule has 5 atom stereocenters. The molecule has 2 saturated heterocycles. The number of hydrogen-bond donors (Lipinski definition) is 0. The number of rotatable bonds is 2. The number of piperidine rings is 1. The standard InChI is InChI=1S/C25H34N2O2.C3H8/c1-24-12-9-22-19(10-13-27-23(28)6-4-5-11-25(22,27)2)21(24)8-7-20(24)17-14-18(29-3)16-26-15-17;1-3-2/h7,14-16,19,21-22H,4-6,8-13H2,1-3H3;3H2,1-2H3. The smallest absolute Gasteiger partial charge is 0.223 e. The molecule has 1 aromatic heterocycles. The van der Waals surface area contributed by atoms with Crippen molar-refractivity contribution in [2.45, 2.75) is 91.0 Å². The summed E-state index contributed by atoms with van der Waals surface area (Å²) in [5.74, 6) is 3.28. The van der Waals surface area contributed by atoms with Crippen molar-refractivity contribution in [3.8, 4) is 5.75 Å². The lowest BCUT2D eigenvalue weighted by Crippen LogP contribution is -2.62.